The molecule has 142 valence electrons. The molecule has 0 unspecified atom stereocenters. The van der Waals surface area contributed by atoms with E-state index in [0.29, 0.717) is 11.3 Å². The van der Waals surface area contributed by atoms with Crippen LogP contribution in [0.25, 0.3) is 10.8 Å². The fourth-order valence-electron chi connectivity index (χ4n) is 3.58. The molecule has 1 fully saturated rings. The molecular weight excluding hydrogens is 434 g/mol. The molecule has 3 aromatic carbocycles. The van der Waals surface area contributed by atoms with Crippen LogP contribution in [-0.4, -0.2) is 28.9 Å². The van der Waals surface area contributed by atoms with Gasteiger partial charge in [0.1, 0.15) is 10.7 Å². The van der Waals surface area contributed by atoms with Crippen molar-refractivity contribution in [3.05, 3.63) is 76.3 Å². The van der Waals surface area contributed by atoms with Gasteiger partial charge in [0.25, 0.3) is 0 Å². The summed E-state index contributed by atoms with van der Waals surface area (Å²) in [6, 6.07) is 19.1. The predicted molar refractivity (Wildman–Crippen MR) is 120 cm³/mol. The highest BCUT2D eigenvalue weighted by Gasteiger charge is 2.21. The van der Waals surface area contributed by atoms with Crippen molar-refractivity contribution in [2.45, 2.75) is 19.3 Å². The Hall–Kier alpha value is -2.24. The molecule has 1 aliphatic rings. The molecule has 0 spiro atoms. The van der Waals surface area contributed by atoms with Gasteiger partial charge in [-0.15, -0.1) is 0 Å². The lowest BCUT2D eigenvalue weighted by atomic mass is 10.0. The van der Waals surface area contributed by atoms with Crippen molar-refractivity contribution < 1.29 is 9.53 Å². The van der Waals surface area contributed by atoms with Crippen LogP contribution in [0.4, 0.5) is 0 Å². The van der Waals surface area contributed by atoms with Crippen molar-refractivity contribution >= 4 is 49.9 Å². The summed E-state index contributed by atoms with van der Waals surface area (Å²) in [6.07, 6.45) is 3.51. The van der Waals surface area contributed by atoms with E-state index in [-0.39, 0.29) is 5.97 Å². The molecule has 0 N–H and O–H groups in total. The van der Waals surface area contributed by atoms with Crippen LogP contribution in [0.3, 0.4) is 0 Å². The molecule has 0 bridgehead atoms. The van der Waals surface area contributed by atoms with Gasteiger partial charge in [-0.3, -0.25) is 0 Å². The maximum absolute atomic E-state index is 13.0. The van der Waals surface area contributed by atoms with Crippen LogP contribution in [-0.2, 0) is 0 Å². The average Bonchev–Trinajstić information content (AvgIpc) is 2.74. The molecule has 1 heterocycles. The highest BCUT2D eigenvalue weighted by molar-refractivity contribution is 9.10. The summed E-state index contributed by atoms with van der Waals surface area (Å²) in [6.45, 7) is 1.89. The topological polar surface area (TPSA) is 29.5 Å². The number of halogens is 1. The Morgan fingerprint density at radius 1 is 0.929 bits per heavy atom. The van der Waals surface area contributed by atoms with Gasteiger partial charge in [0.05, 0.1) is 11.1 Å². The minimum Gasteiger partial charge on any atom is -0.422 e. The molecule has 28 heavy (non-hydrogen) atoms. The minimum absolute atomic E-state index is 0.373. The number of hydrogen-bond acceptors (Lipinski definition) is 3. The number of piperidine rings is 1. The highest BCUT2D eigenvalue weighted by Crippen LogP contribution is 2.28. The molecule has 0 atom stereocenters. The number of hydrogen-bond donors (Lipinski definition) is 0. The number of rotatable bonds is 3. The van der Waals surface area contributed by atoms with E-state index < -0.39 is 0 Å². The number of benzene rings is 3. The lowest BCUT2D eigenvalue weighted by molar-refractivity contribution is 0.0736. The lowest BCUT2D eigenvalue weighted by Gasteiger charge is -2.29. The van der Waals surface area contributed by atoms with E-state index in [0.717, 1.165) is 51.7 Å². The fourth-order valence-corrected chi connectivity index (χ4v) is 4.29. The summed E-state index contributed by atoms with van der Waals surface area (Å²) >= 11 is 9.26. The Bertz CT molecular complexity index is 1040. The van der Waals surface area contributed by atoms with Crippen LogP contribution in [0.1, 0.15) is 35.2 Å². The maximum atomic E-state index is 13.0. The van der Waals surface area contributed by atoms with Crippen molar-refractivity contribution in [3.8, 4) is 5.75 Å². The quantitative estimate of drug-likeness (QED) is 0.277. The predicted octanol–water partition coefficient (Wildman–Crippen LogP) is 5.98. The summed E-state index contributed by atoms with van der Waals surface area (Å²) in [4.78, 5) is 15.9. The van der Waals surface area contributed by atoms with Gasteiger partial charge in [0.15, 0.2) is 0 Å². The monoisotopic (exact) mass is 453 g/mol. The van der Waals surface area contributed by atoms with E-state index >= 15 is 0 Å². The number of nitrogens with zero attached hydrogens (tertiary/aromatic N) is 1. The zero-order valence-corrected chi connectivity index (χ0v) is 17.8. The van der Waals surface area contributed by atoms with Gasteiger partial charge in [0, 0.05) is 17.6 Å². The van der Waals surface area contributed by atoms with Crippen LogP contribution in [0, 0.1) is 0 Å². The number of esters is 1. The number of carbonyl (C=O) groups excluding carboxylic acids is 1. The number of thiocarbonyl (C=S) groups is 1. The Labute approximate surface area is 178 Å². The Morgan fingerprint density at radius 3 is 2.50 bits per heavy atom. The van der Waals surface area contributed by atoms with Crippen LogP contribution in [0.15, 0.2) is 65.1 Å². The number of likely N-dealkylation sites (tertiary alicyclic amines) is 1. The summed E-state index contributed by atoms with van der Waals surface area (Å²) in [5.41, 5.74) is 1.33. The van der Waals surface area contributed by atoms with Crippen molar-refractivity contribution in [1.82, 2.24) is 4.90 Å². The molecule has 0 aliphatic carbocycles. The molecule has 0 saturated carbocycles. The van der Waals surface area contributed by atoms with E-state index in [1.165, 1.54) is 6.42 Å². The molecule has 4 rings (SSSR count). The molecule has 3 nitrogen and oxygen atoms in total. The first kappa shape index (κ1) is 19.1. The Balaban J connectivity index is 1.66. The van der Waals surface area contributed by atoms with Gasteiger partial charge in [0.2, 0.25) is 0 Å². The summed E-state index contributed by atoms with van der Waals surface area (Å²) < 4.78 is 6.74. The highest BCUT2D eigenvalue weighted by atomic mass is 79.9. The van der Waals surface area contributed by atoms with Crippen molar-refractivity contribution in [1.29, 1.82) is 0 Å². The van der Waals surface area contributed by atoms with E-state index in [2.05, 4.69) is 20.8 Å². The number of carbonyl (C=O) groups is 1. The standard InChI is InChI=1S/C23H20BrNO2S/c24-17-11-12-21(20(15-17)22(28)25-13-4-1-5-14-25)27-23(26)19-10-6-8-16-7-2-3-9-18(16)19/h2-3,6-12,15H,1,4-5,13-14H2. The van der Waals surface area contributed by atoms with Crippen molar-refractivity contribution in [2.24, 2.45) is 0 Å². The van der Waals surface area contributed by atoms with Gasteiger partial charge in [-0.1, -0.05) is 64.5 Å². The van der Waals surface area contributed by atoms with Crippen LogP contribution >= 0.6 is 28.1 Å². The zero-order chi connectivity index (χ0) is 19.5. The molecule has 3 aromatic rings. The summed E-state index contributed by atoms with van der Waals surface area (Å²) in [7, 11) is 0. The molecule has 1 aliphatic heterocycles. The number of fused-ring (bicyclic) bond motifs is 1. The molecule has 0 aromatic heterocycles. The molecular formula is C23H20BrNO2S. The number of ether oxygens (including phenoxy) is 1. The van der Waals surface area contributed by atoms with Crippen molar-refractivity contribution in [2.75, 3.05) is 13.1 Å². The summed E-state index contributed by atoms with van der Waals surface area (Å²) in [5.74, 6) is 0.124. The van der Waals surface area contributed by atoms with E-state index in [1.807, 2.05) is 48.5 Å². The van der Waals surface area contributed by atoms with Crippen LogP contribution < -0.4 is 4.74 Å². The van der Waals surface area contributed by atoms with Crippen molar-refractivity contribution in [3.63, 3.8) is 0 Å². The van der Waals surface area contributed by atoms with Crippen LogP contribution in [0.2, 0.25) is 0 Å². The summed E-state index contributed by atoms with van der Waals surface area (Å²) in [5, 5.41) is 1.89. The SMILES string of the molecule is O=C(Oc1ccc(Br)cc1C(=S)N1CCCCC1)c1cccc2ccccc12. The third-order valence-corrected chi connectivity index (χ3v) is 6.00. The van der Waals surface area contributed by atoms with E-state index in [1.54, 1.807) is 12.1 Å². The fraction of sp³-hybridized carbons (Fsp3) is 0.217. The third-order valence-electron chi connectivity index (χ3n) is 5.03. The molecule has 0 radical (unpaired) electrons. The van der Waals surface area contributed by atoms with Gasteiger partial charge in [-0.25, -0.2) is 4.79 Å². The second-order valence-electron chi connectivity index (χ2n) is 6.91. The first-order chi connectivity index (χ1) is 13.6. The van der Waals surface area contributed by atoms with Gasteiger partial charge in [-0.05, 0) is 54.3 Å². The van der Waals surface area contributed by atoms with E-state index in [9.17, 15) is 4.79 Å². The molecule has 5 heteroatoms. The molecule has 0 amide bonds. The normalized spacial score (nSPS) is 14.1. The largest absolute Gasteiger partial charge is 0.422 e. The second-order valence-corrected chi connectivity index (χ2v) is 8.21. The smallest absolute Gasteiger partial charge is 0.344 e. The maximum Gasteiger partial charge on any atom is 0.344 e. The van der Waals surface area contributed by atoms with Crippen LogP contribution in [0.5, 0.6) is 5.75 Å². The van der Waals surface area contributed by atoms with Gasteiger partial charge < -0.3 is 9.64 Å². The van der Waals surface area contributed by atoms with E-state index in [4.69, 9.17) is 17.0 Å². The molecule has 1 saturated heterocycles. The minimum atomic E-state index is -0.373. The third kappa shape index (κ3) is 3.96. The van der Waals surface area contributed by atoms with Gasteiger partial charge in [-0.2, -0.15) is 0 Å². The first-order valence-corrected chi connectivity index (χ1v) is 10.6. The second kappa shape index (κ2) is 8.41. The Morgan fingerprint density at radius 2 is 1.68 bits per heavy atom. The zero-order valence-electron chi connectivity index (χ0n) is 15.4. The average molecular weight is 454 g/mol. The van der Waals surface area contributed by atoms with Gasteiger partial charge >= 0.3 is 5.97 Å². The first-order valence-electron chi connectivity index (χ1n) is 9.42. The lowest BCUT2D eigenvalue weighted by Crippen LogP contribution is -2.35. The Kier molecular flexibility index (Phi) is 5.74.